The van der Waals surface area contributed by atoms with Gasteiger partial charge in [-0.25, -0.2) is 4.39 Å². The van der Waals surface area contributed by atoms with Crippen LogP contribution in [0.15, 0.2) is 84.9 Å². The van der Waals surface area contributed by atoms with Gasteiger partial charge in [0.25, 0.3) is 0 Å². The number of halogens is 1. The van der Waals surface area contributed by atoms with Crippen LogP contribution in [-0.2, 0) is 11.3 Å². The molecule has 1 saturated heterocycles. The summed E-state index contributed by atoms with van der Waals surface area (Å²) in [4.78, 5) is 17.2. The van der Waals surface area contributed by atoms with Crippen LogP contribution in [0.4, 0.5) is 15.8 Å². The zero-order chi connectivity index (χ0) is 22.9. The van der Waals surface area contributed by atoms with E-state index in [2.05, 4.69) is 63.6 Å². The summed E-state index contributed by atoms with van der Waals surface area (Å²) >= 11 is 0. The van der Waals surface area contributed by atoms with Crippen LogP contribution >= 0.6 is 0 Å². The highest BCUT2D eigenvalue weighted by Crippen LogP contribution is 2.25. The summed E-state index contributed by atoms with van der Waals surface area (Å²) in [6, 6.07) is 27.3. The van der Waals surface area contributed by atoms with Crippen molar-refractivity contribution in [2.45, 2.75) is 25.8 Å². The van der Waals surface area contributed by atoms with Gasteiger partial charge in [0.05, 0.1) is 0 Å². The number of likely N-dealkylation sites (tertiary alicyclic amines) is 1. The van der Waals surface area contributed by atoms with Crippen LogP contribution in [0.1, 0.15) is 24.8 Å². The largest absolute Gasteiger partial charge is 0.352 e. The Morgan fingerprint density at radius 3 is 2.03 bits per heavy atom. The molecule has 3 aromatic carbocycles. The second-order valence-corrected chi connectivity index (χ2v) is 8.72. The maximum Gasteiger partial charge on any atom is 0.220 e. The van der Waals surface area contributed by atoms with Crippen molar-refractivity contribution in [1.82, 2.24) is 10.2 Å². The van der Waals surface area contributed by atoms with Crippen LogP contribution in [-0.4, -0.2) is 37.0 Å². The minimum atomic E-state index is -0.257. The van der Waals surface area contributed by atoms with Crippen molar-refractivity contribution in [2.24, 2.45) is 5.92 Å². The van der Waals surface area contributed by atoms with E-state index in [1.807, 2.05) is 12.1 Å². The standard InChI is InChI=1S/C28H32FN3O/c29-25-13-11-24(12-14-25)22-30-28(33)21-23-15-17-31(18-16-23)19-20-32(26-7-3-1-4-8-26)27-9-5-2-6-10-27/h1-14,23H,15-22H2,(H,30,33). The summed E-state index contributed by atoms with van der Waals surface area (Å²) in [5.74, 6) is 0.249. The van der Waals surface area contributed by atoms with E-state index in [0.717, 1.165) is 44.6 Å². The van der Waals surface area contributed by atoms with Gasteiger partial charge in [0.1, 0.15) is 5.82 Å². The van der Waals surface area contributed by atoms with Crippen LogP contribution in [0.5, 0.6) is 0 Å². The Labute approximate surface area is 196 Å². The number of rotatable bonds is 9. The zero-order valence-electron chi connectivity index (χ0n) is 19.0. The molecule has 3 aromatic rings. The third-order valence-electron chi connectivity index (χ3n) is 6.36. The van der Waals surface area contributed by atoms with Gasteiger partial charge in [-0.1, -0.05) is 48.5 Å². The van der Waals surface area contributed by atoms with Gasteiger partial charge in [-0.3, -0.25) is 4.79 Å². The van der Waals surface area contributed by atoms with Gasteiger partial charge in [0, 0.05) is 37.4 Å². The summed E-state index contributed by atoms with van der Waals surface area (Å²) < 4.78 is 13.0. The van der Waals surface area contributed by atoms with Crippen LogP contribution in [0.3, 0.4) is 0 Å². The zero-order valence-corrected chi connectivity index (χ0v) is 19.0. The van der Waals surface area contributed by atoms with E-state index >= 15 is 0 Å². The number of piperidine rings is 1. The summed E-state index contributed by atoms with van der Waals surface area (Å²) in [6.45, 7) is 4.41. The molecular formula is C28H32FN3O. The van der Waals surface area contributed by atoms with Crippen molar-refractivity contribution in [2.75, 3.05) is 31.1 Å². The van der Waals surface area contributed by atoms with E-state index < -0.39 is 0 Å². The lowest BCUT2D eigenvalue weighted by molar-refractivity contribution is -0.122. The fourth-order valence-electron chi connectivity index (χ4n) is 4.42. The molecule has 1 aliphatic heterocycles. The molecule has 0 atom stereocenters. The molecule has 1 N–H and O–H groups in total. The molecule has 4 nitrogen and oxygen atoms in total. The van der Waals surface area contributed by atoms with E-state index in [1.165, 1.54) is 23.5 Å². The van der Waals surface area contributed by atoms with Crippen molar-refractivity contribution in [3.63, 3.8) is 0 Å². The lowest BCUT2D eigenvalue weighted by Crippen LogP contribution is -2.39. The molecule has 1 amide bonds. The minimum absolute atomic E-state index is 0.0807. The predicted molar refractivity (Wildman–Crippen MR) is 132 cm³/mol. The average molecular weight is 446 g/mol. The lowest BCUT2D eigenvalue weighted by atomic mass is 9.93. The summed E-state index contributed by atoms with van der Waals surface area (Å²) in [6.07, 6.45) is 2.65. The number of carbonyl (C=O) groups is 1. The second-order valence-electron chi connectivity index (χ2n) is 8.72. The monoisotopic (exact) mass is 445 g/mol. The number of amides is 1. The summed E-state index contributed by atoms with van der Waals surface area (Å²) in [5, 5.41) is 2.97. The molecule has 1 heterocycles. The van der Waals surface area contributed by atoms with E-state index in [4.69, 9.17) is 0 Å². The first-order valence-corrected chi connectivity index (χ1v) is 11.8. The molecule has 0 radical (unpaired) electrons. The lowest BCUT2D eigenvalue weighted by Gasteiger charge is -2.34. The van der Waals surface area contributed by atoms with Crippen LogP contribution in [0.25, 0.3) is 0 Å². The first-order valence-electron chi connectivity index (χ1n) is 11.8. The van der Waals surface area contributed by atoms with Crippen LogP contribution in [0, 0.1) is 11.7 Å². The maximum atomic E-state index is 13.0. The molecular weight excluding hydrogens is 413 g/mol. The molecule has 4 rings (SSSR count). The van der Waals surface area contributed by atoms with Crippen molar-refractivity contribution < 1.29 is 9.18 Å². The number of benzene rings is 3. The van der Waals surface area contributed by atoms with E-state index in [9.17, 15) is 9.18 Å². The second kappa shape index (κ2) is 11.6. The van der Waals surface area contributed by atoms with Gasteiger partial charge in [-0.15, -0.1) is 0 Å². The van der Waals surface area contributed by atoms with Crippen LogP contribution in [0.2, 0.25) is 0 Å². The van der Waals surface area contributed by atoms with E-state index in [1.54, 1.807) is 12.1 Å². The first kappa shape index (κ1) is 23.0. The first-order chi connectivity index (χ1) is 16.2. The number of hydrogen-bond donors (Lipinski definition) is 1. The van der Waals surface area contributed by atoms with Gasteiger partial charge in [0.15, 0.2) is 0 Å². The molecule has 0 saturated carbocycles. The number of carbonyl (C=O) groups excluding carboxylic acids is 1. The number of nitrogens with zero attached hydrogens (tertiary/aromatic N) is 2. The number of anilines is 2. The minimum Gasteiger partial charge on any atom is -0.352 e. The Balaban J connectivity index is 1.22. The quantitative estimate of drug-likeness (QED) is 0.480. The molecule has 1 fully saturated rings. The predicted octanol–water partition coefficient (Wildman–Crippen LogP) is 5.38. The van der Waals surface area contributed by atoms with Gasteiger partial charge in [-0.2, -0.15) is 0 Å². The van der Waals surface area contributed by atoms with Crippen molar-refractivity contribution in [3.05, 3.63) is 96.3 Å². The molecule has 0 unspecified atom stereocenters. The van der Waals surface area contributed by atoms with Gasteiger partial charge >= 0.3 is 0 Å². The van der Waals surface area contributed by atoms with Gasteiger partial charge in [0.2, 0.25) is 5.91 Å². The Hall–Kier alpha value is -3.18. The van der Waals surface area contributed by atoms with Gasteiger partial charge < -0.3 is 15.1 Å². The Bertz CT molecular complexity index is 947. The maximum absolute atomic E-state index is 13.0. The van der Waals surface area contributed by atoms with Crippen LogP contribution < -0.4 is 10.2 Å². The molecule has 5 heteroatoms. The molecule has 0 spiro atoms. The van der Waals surface area contributed by atoms with E-state index in [-0.39, 0.29) is 11.7 Å². The fraction of sp³-hybridized carbons (Fsp3) is 0.321. The molecule has 172 valence electrons. The highest BCUT2D eigenvalue weighted by molar-refractivity contribution is 5.76. The molecule has 1 aliphatic rings. The Kier molecular flexibility index (Phi) is 8.09. The molecule has 0 bridgehead atoms. The highest BCUT2D eigenvalue weighted by Gasteiger charge is 2.22. The smallest absolute Gasteiger partial charge is 0.220 e. The SMILES string of the molecule is O=C(CC1CCN(CCN(c2ccccc2)c2ccccc2)CC1)NCc1ccc(F)cc1. The van der Waals surface area contributed by atoms with E-state index in [0.29, 0.717) is 18.9 Å². The highest BCUT2D eigenvalue weighted by atomic mass is 19.1. The summed E-state index contributed by atoms with van der Waals surface area (Å²) in [7, 11) is 0. The third kappa shape index (κ3) is 6.90. The average Bonchev–Trinajstić information content (AvgIpc) is 2.86. The topological polar surface area (TPSA) is 35.6 Å². The third-order valence-corrected chi connectivity index (χ3v) is 6.36. The van der Waals surface area contributed by atoms with Crippen molar-refractivity contribution in [3.8, 4) is 0 Å². The van der Waals surface area contributed by atoms with Crippen molar-refractivity contribution >= 4 is 17.3 Å². The molecule has 0 aromatic heterocycles. The number of para-hydroxylation sites is 2. The van der Waals surface area contributed by atoms with Crippen molar-refractivity contribution in [1.29, 1.82) is 0 Å². The van der Waals surface area contributed by atoms with Gasteiger partial charge in [-0.05, 0) is 73.8 Å². The fourth-order valence-corrected chi connectivity index (χ4v) is 4.42. The number of hydrogen-bond acceptors (Lipinski definition) is 3. The normalized spacial score (nSPS) is 14.7. The Morgan fingerprint density at radius 1 is 0.879 bits per heavy atom. The number of nitrogens with one attached hydrogen (secondary N) is 1. The summed E-state index contributed by atoms with van der Waals surface area (Å²) in [5.41, 5.74) is 3.33. The molecule has 0 aliphatic carbocycles. The molecule has 33 heavy (non-hydrogen) atoms. The Morgan fingerprint density at radius 2 is 1.45 bits per heavy atom.